The zero-order chi connectivity index (χ0) is 16.0. The number of rotatable bonds is 7. The molecular formula is C17H18O4S. The fourth-order valence-electron chi connectivity index (χ4n) is 1.91. The Kier molecular flexibility index (Phi) is 5.44. The summed E-state index contributed by atoms with van der Waals surface area (Å²) in [5.74, 6) is 0.969. The molecule has 0 unspecified atom stereocenters. The van der Waals surface area contributed by atoms with Crippen LogP contribution in [0.5, 0.6) is 5.75 Å². The van der Waals surface area contributed by atoms with E-state index in [1.165, 1.54) is 11.8 Å². The topological polar surface area (TPSA) is 52.6 Å². The summed E-state index contributed by atoms with van der Waals surface area (Å²) in [6, 6.07) is 13.5. The second kappa shape index (κ2) is 7.31. The fourth-order valence-corrected chi connectivity index (χ4v) is 2.77. The Hall–Kier alpha value is -2.01. The average Bonchev–Trinajstić information content (AvgIpc) is 2.51. The lowest BCUT2D eigenvalue weighted by atomic mass is 9.97. The van der Waals surface area contributed by atoms with E-state index in [1.54, 1.807) is 6.07 Å². The van der Waals surface area contributed by atoms with Crippen LogP contribution in [0.2, 0.25) is 0 Å². The van der Waals surface area contributed by atoms with Gasteiger partial charge in [0.25, 0.3) is 6.47 Å². The quantitative estimate of drug-likeness (QED) is 0.256. The summed E-state index contributed by atoms with van der Waals surface area (Å²) in [7, 11) is 0. The molecule has 5 heteroatoms. The Bertz CT molecular complexity index is 667. The van der Waals surface area contributed by atoms with Crippen molar-refractivity contribution in [2.45, 2.75) is 13.8 Å². The average molecular weight is 318 g/mol. The first-order valence-electron chi connectivity index (χ1n) is 6.87. The van der Waals surface area contributed by atoms with E-state index in [9.17, 15) is 9.59 Å². The fraction of sp³-hybridized carbons (Fsp3) is 0.294. The first-order valence-corrected chi connectivity index (χ1v) is 8.02. The summed E-state index contributed by atoms with van der Waals surface area (Å²) >= 11 is 1.37. The van der Waals surface area contributed by atoms with Gasteiger partial charge in [-0.25, -0.2) is 0 Å². The maximum absolute atomic E-state index is 12.3. The van der Waals surface area contributed by atoms with Crippen molar-refractivity contribution in [3.05, 3.63) is 42.5 Å². The zero-order valence-electron chi connectivity index (χ0n) is 12.6. The Morgan fingerprint density at radius 2 is 1.91 bits per heavy atom. The van der Waals surface area contributed by atoms with Crippen LogP contribution in [0, 0.1) is 5.41 Å². The third kappa shape index (κ3) is 4.24. The number of hydrogen-bond acceptors (Lipinski definition) is 5. The van der Waals surface area contributed by atoms with Crippen molar-refractivity contribution in [3.63, 3.8) is 0 Å². The Labute approximate surface area is 133 Å². The van der Waals surface area contributed by atoms with Gasteiger partial charge in [0.05, 0.1) is 5.41 Å². The summed E-state index contributed by atoms with van der Waals surface area (Å²) in [4.78, 5) is 22.4. The monoisotopic (exact) mass is 318 g/mol. The highest BCUT2D eigenvalue weighted by Gasteiger charge is 2.30. The summed E-state index contributed by atoms with van der Waals surface area (Å²) in [5.41, 5.74) is -0.664. The Morgan fingerprint density at radius 1 is 1.18 bits per heavy atom. The molecule has 4 nitrogen and oxygen atoms in total. The van der Waals surface area contributed by atoms with E-state index < -0.39 is 5.41 Å². The minimum Gasteiger partial charge on any atom is -0.457 e. The van der Waals surface area contributed by atoms with Crippen LogP contribution in [0.1, 0.15) is 13.8 Å². The first kappa shape index (κ1) is 16.4. The highest BCUT2D eigenvalue weighted by Crippen LogP contribution is 2.26. The van der Waals surface area contributed by atoms with Crippen LogP contribution >= 0.6 is 11.8 Å². The predicted octanol–water partition coefficient (Wildman–Crippen LogP) is 3.64. The number of carbonyl (C=O) groups excluding carboxylic acids is 2. The van der Waals surface area contributed by atoms with Gasteiger partial charge in [-0.3, -0.25) is 9.59 Å². The lowest BCUT2D eigenvalue weighted by molar-refractivity contribution is -0.142. The number of fused-ring (bicyclic) bond motifs is 1. The molecule has 116 valence electrons. The number of esters is 1. The molecule has 0 fully saturated rings. The van der Waals surface area contributed by atoms with E-state index in [0.717, 1.165) is 10.8 Å². The maximum atomic E-state index is 12.3. The lowest BCUT2D eigenvalue weighted by Gasteiger charge is -2.21. The summed E-state index contributed by atoms with van der Waals surface area (Å²) < 4.78 is 10.1. The number of thioether (sulfide) groups is 1. The van der Waals surface area contributed by atoms with E-state index in [-0.39, 0.29) is 11.9 Å². The molecule has 0 saturated heterocycles. The number of benzene rings is 2. The van der Waals surface area contributed by atoms with Gasteiger partial charge in [-0.05, 0) is 36.8 Å². The van der Waals surface area contributed by atoms with E-state index in [4.69, 9.17) is 4.74 Å². The predicted molar refractivity (Wildman–Crippen MR) is 87.8 cm³/mol. The minimum atomic E-state index is -0.664. The van der Waals surface area contributed by atoms with Crippen molar-refractivity contribution in [1.82, 2.24) is 0 Å². The van der Waals surface area contributed by atoms with Gasteiger partial charge in [0.15, 0.2) is 0 Å². The molecule has 0 radical (unpaired) electrons. The number of ether oxygens (including phenoxy) is 2. The molecule has 2 aromatic rings. The molecule has 0 aliphatic rings. The van der Waals surface area contributed by atoms with Gasteiger partial charge >= 0.3 is 5.97 Å². The van der Waals surface area contributed by atoms with Gasteiger partial charge in [-0.2, -0.15) is 0 Å². The van der Waals surface area contributed by atoms with Crippen molar-refractivity contribution < 1.29 is 19.1 Å². The molecule has 0 spiro atoms. The van der Waals surface area contributed by atoms with Gasteiger partial charge in [0.2, 0.25) is 0 Å². The van der Waals surface area contributed by atoms with E-state index in [1.807, 2.05) is 50.2 Å². The van der Waals surface area contributed by atoms with E-state index in [2.05, 4.69) is 4.74 Å². The van der Waals surface area contributed by atoms with Gasteiger partial charge in [-0.1, -0.05) is 30.3 Å². The smallest absolute Gasteiger partial charge is 0.317 e. The third-order valence-electron chi connectivity index (χ3n) is 3.17. The van der Waals surface area contributed by atoms with E-state index >= 15 is 0 Å². The SMILES string of the molecule is CC(C)(CSCOC=O)C(=O)Oc1ccc2ccccc2c1. The van der Waals surface area contributed by atoms with Crippen molar-refractivity contribution in [2.24, 2.45) is 5.41 Å². The molecular weight excluding hydrogens is 300 g/mol. The lowest BCUT2D eigenvalue weighted by Crippen LogP contribution is -2.31. The molecule has 0 atom stereocenters. The summed E-state index contributed by atoms with van der Waals surface area (Å²) in [6.07, 6.45) is 0. The Balaban J connectivity index is 2.01. The van der Waals surface area contributed by atoms with Crippen molar-refractivity contribution in [2.75, 3.05) is 11.7 Å². The highest BCUT2D eigenvalue weighted by atomic mass is 32.2. The first-order chi connectivity index (χ1) is 10.5. The van der Waals surface area contributed by atoms with Gasteiger partial charge in [0.1, 0.15) is 11.7 Å². The third-order valence-corrected chi connectivity index (χ3v) is 4.39. The minimum absolute atomic E-state index is 0.232. The van der Waals surface area contributed by atoms with Gasteiger partial charge < -0.3 is 9.47 Å². The summed E-state index contributed by atoms with van der Waals surface area (Å²) in [6.45, 7) is 4.02. The molecule has 0 amide bonds. The molecule has 0 heterocycles. The Morgan fingerprint density at radius 3 is 2.64 bits per heavy atom. The molecule has 0 aliphatic heterocycles. The molecule has 0 aromatic heterocycles. The maximum Gasteiger partial charge on any atom is 0.317 e. The standard InChI is InChI=1S/C17H18O4S/c1-17(2,10-22-12-20-11-18)16(19)21-15-8-7-13-5-3-4-6-14(13)9-15/h3-9,11H,10,12H2,1-2H3. The second-order valence-corrected chi connectivity index (χ2v) is 6.44. The normalized spacial score (nSPS) is 11.2. The second-order valence-electron chi connectivity index (χ2n) is 5.51. The van der Waals surface area contributed by atoms with Crippen LogP contribution in [0.15, 0.2) is 42.5 Å². The molecule has 0 saturated carbocycles. The summed E-state index contributed by atoms with van der Waals surface area (Å²) in [5, 5.41) is 2.13. The highest BCUT2D eigenvalue weighted by molar-refractivity contribution is 7.99. The van der Waals surface area contributed by atoms with E-state index in [0.29, 0.717) is 18.0 Å². The van der Waals surface area contributed by atoms with Crippen molar-refractivity contribution in [3.8, 4) is 5.75 Å². The number of carbonyl (C=O) groups is 2. The number of hydrogen-bond donors (Lipinski definition) is 0. The van der Waals surface area contributed by atoms with Crippen LogP contribution in [-0.4, -0.2) is 24.1 Å². The largest absolute Gasteiger partial charge is 0.457 e. The van der Waals surface area contributed by atoms with Crippen LogP contribution in [0.25, 0.3) is 10.8 Å². The molecule has 2 rings (SSSR count). The molecule has 0 N–H and O–H groups in total. The van der Waals surface area contributed by atoms with Crippen LogP contribution in [-0.2, 0) is 14.3 Å². The van der Waals surface area contributed by atoms with Crippen LogP contribution in [0.3, 0.4) is 0 Å². The van der Waals surface area contributed by atoms with Gasteiger partial charge in [0, 0.05) is 5.75 Å². The van der Waals surface area contributed by atoms with Crippen molar-refractivity contribution in [1.29, 1.82) is 0 Å². The van der Waals surface area contributed by atoms with Gasteiger partial charge in [-0.15, -0.1) is 11.8 Å². The molecule has 0 aliphatic carbocycles. The molecule has 0 bridgehead atoms. The molecule has 2 aromatic carbocycles. The zero-order valence-corrected chi connectivity index (χ0v) is 13.4. The molecule has 22 heavy (non-hydrogen) atoms. The van der Waals surface area contributed by atoms with Crippen molar-refractivity contribution >= 4 is 35.0 Å². The van der Waals surface area contributed by atoms with Crippen LogP contribution < -0.4 is 4.74 Å². The van der Waals surface area contributed by atoms with Crippen LogP contribution in [0.4, 0.5) is 0 Å².